The van der Waals surface area contributed by atoms with Crippen LogP contribution in [-0.4, -0.2) is 33.7 Å². The minimum atomic E-state index is -4.71. The molecule has 0 spiro atoms. The van der Waals surface area contributed by atoms with E-state index in [2.05, 4.69) is 10.5 Å². The maximum absolute atomic E-state index is 13.2. The summed E-state index contributed by atoms with van der Waals surface area (Å²) in [7, 11) is -4.38. The van der Waals surface area contributed by atoms with E-state index in [-0.39, 0.29) is 17.2 Å². The van der Waals surface area contributed by atoms with E-state index in [0.29, 0.717) is 21.7 Å². The summed E-state index contributed by atoms with van der Waals surface area (Å²) in [5.74, 6) is -0.419. The lowest BCUT2D eigenvalue weighted by atomic mass is 10.2. The predicted octanol–water partition coefficient (Wildman–Crippen LogP) is 3.95. The highest BCUT2D eigenvalue weighted by Crippen LogP contribution is 2.33. The topological polar surface area (TPSA) is 112 Å². The van der Waals surface area contributed by atoms with Crippen LogP contribution < -0.4 is 14.5 Å². The number of alkyl halides is 3. The number of hydrazone groups is 1. The van der Waals surface area contributed by atoms with Gasteiger partial charge in [0, 0.05) is 0 Å². The monoisotopic (exact) mass is 516 g/mol. The molecule has 1 N–H and O–H groups in total. The number of carbonyl (C=O) groups excluding carboxylic acids is 1. The molecule has 0 aliphatic heterocycles. The molecule has 0 saturated heterocycles. The van der Waals surface area contributed by atoms with Crippen LogP contribution in [0.4, 0.5) is 18.9 Å². The van der Waals surface area contributed by atoms with Crippen LogP contribution in [0.2, 0.25) is 0 Å². The molecule has 0 atom stereocenters. The maximum Gasteiger partial charge on any atom is 0.416 e. The van der Waals surface area contributed by atoms with Crippen molar-refractivity contribution in [3.8, 4) is 11.8 Å². The molecule has 8 nitrogen and oxygen atoms in total. The van der Waals surface area contributed by atoms with E-state index in [1.807, 2.05) is 6.07 Å². The molecule has 0 aliphatic rings. The van der Waals surface area contributed by atoms with Crippen LogP contribution in [0.25, 0.3) is 0 Å². The molecule has 0 radical (unpaired) electrons. The summed E-state index contributed by atoms with van der Waals surface area (Å²) in [6, 6.07) is 19.0. The summed E-state index contributed by atoms with van der Waals surface area (Å²) in [6.45, 7) is -0.936. The Hall–Kier alpha value is -4.37. The van der Waals surface area contributed by atoms with Crippen LogP contribution in [0.3, 0.4) is 0 Å². The Bertz CT molecular complexity index is 1370. The molecule has 1 amide bonds. The van der Waals surface area contributed by atoms with E-state index in [1.54, 1.807) is 30.3 Å². The number of hydrogen-bond donors (Lipinski definition) is 1. The molecule has 0 aromatic heterocycles. The fourth-order valence-electron chi connectivity index (χ4n) is 2.98. The number of nitrogens with one attached hydrogen (secondary N) is 1. The Kier molecular flexibility index (Phi) is 8.29. The van der Waals surface area contributed by atoms with E-state index < -0.39 is 34.2 Å². The average Bonchev–Trinajstić information content (AvgIpc) is 2.87. The van der Waals surface area contributed by atoms with Crippen molar-refractivity contribution in [1.82, 2.24) is 5.43 Å². The standard InChI is InChI=1S/C24H19F3N4O4S/c25-24(26,27)19-5-4-6-20(15-19)31(36(33,34)22-7-2-1-3-8-22)17-23(32)30-29-16-18-9-11-21(12-10-18)35-14-13-28/h1-12,15-16H,14,17H2,(H,30,32)/b29-16-. The highest BCUT2D eigenvalue weighted by molar-refractivity contribution is 7.92. The Morgan fingerprint density at radius 1 is 1.06 bits per heavy atom. The van der Waals surface area contributed by atoms with E-state index in [1.165, 1.54) is 36.5 Å². The molecule has 3 aromatic rings. The number of carbonyl (C=O) groups is 1. The molecule has 0 heterocycles. The van der Waals surface area contributed by atoms with Gasteiger partial charge in [0.15, 0.2) is 6.61 Å². The zero-order valence-electron chi connectivity index (χ0n) is 18.5. The molecule has 0 aliphatic carbocycles. The third kappa shape index (κ3) is 6.83. The number of anilines is 1. The number of sulfonamides is 1. The zero-order valence-corrected chi connectivity index (χ0v) is 19.3. The Morgan fingerprint density at radius 3 is 2.39 bits per heavy atom. The van der Waals surface area contributed by atoms with Crippen LogP contribution in [-0.2, 0) is 21.0 Å². The van der Waals surface area contributed by atoms with Crippen molar-refractivity contribution in [2.24, 2.45) is 5.10 Å². The highest BCUT2D eigenvalue weighted by atomic mass is 32.2. The minimum Gasteiger partial charge on any atom is -0.479 e. The summed E-state index contributed by atoms with van der Waals surface area (Å²) in [5, 5.41) is 12.3. The first kappa shape index (κ1) is 26.2. The van der Waals surface area contributed by atoms with E-state index in [4.69, 9.17) is 10.00 Å². The second-order valence-corrected chi connectivity index (χ2v) is 9.04. The van der Waals surface area contributed by atoms with Crippen molar-refractivity contribution in [3.05, 3.63) is 90.0 Å². The number of ether oxygens (including phenoxy) is 1. The van der Waals surface area contributed by atoms with Gasteiger partial charge in [0.2, 0.25) is 0 Å². The molecular weight excluding hydrogens is 497 g/mol. The molecule has 186 valence electrons. The molecule has 0 bridgehead atoms. The molecule has 12 heteroatoms. The van der Waals surface area contributed by atoms with Crippen LogP contribution in [0.1, 0.15) is 11.1 Å². The number of hydrogen-bond acceptors (Lipinski definition) is 6. The molecule has 36 heavy (non-hydrogen) atoms. The number of amides is 1. The summed E-state index contributed by atoms with van der Waals surface area (Å²) < 4.78 is 71.9. The first-order valence-corrected chi connectivity index (χ1v) is 11.7. The Balaban J connectivity index is 1.81. The van der Waals surface area contributed by atoms with Crippen molar-refractivity contribution in [3.63, 3.8) is 0 Å². The summed E-state index contributed by atoms with van der Waals surface area (Å²) in [4.78, 5) is 12.3. The summed E-state index contributed by atoms with van der Waals surface area (Å²) >= 11 is 0. The minimum absolute atomic E-state index is 0.113. The zero-order chi connectivity index (χ0) is 26.2. The van der Waals surface area contributed by atoms with E-state index in [0.717, 1.165) is 12.1 Å². The number of benzene rings is 3. The van der Waals surface area contributed by atoms with Gasteiger partial charge in [-0.25, -0.2) is 13.8 Å². The number of halogens is 3. The van der Waals surface area contributed by atoms with Gasteiger partial charge in [-0.3, -0.25) is 9.10 Å². The van der Waals surface area contributed by atoms with Crippen molar-refractivity contribution in [2.75, 3.05) is 17.5 Å². The van der Waals surface area contributed by atoms with Gasteiger partial charge < -0.3 is 4.74 Å². The average molecular weight is 517 g/mol. The third-order valence-corrected chi connectivity index (χ3v) is 6.45. The highest BCUT2D eigenvalue weighted by Gasteiger charge is 2.33. The van der Waals surface area contributed by atoms with E-state index in [9.17, 15) is 26.4 Å². The number of nitrogens with zero attached hydrogens (tertiary/aromatic N) is 3. The fourth-order valence-corrected chi connectivity index (χ4v) is 4.42. The third-order valence-electron chi connectivity index (χ3n) is 4.67. The fraction of sp³-hybridized carbons (Fsp3) is 0.125. The first-order chi connectivity index (χ1) is 17.1. The second-order valence-electron chi connectivity index (χ2n) is 7.18. The van der Waals surface area contributed by atoms with Gasteiger partial charge in [-0.05, 0) is 60.2 Å². The van der Waals surface area contributed by atoms with Gasteiger partial charge in [-0.15, -0.1) is 0 Å². The summed E-state index contributed by atoms with van der Waals surface area (Å²) in [5.41, 5.74) is 1.34. The first-order valence-electron chi connectivity index (χ1n) is 10.3. The number of nitriles is 1. The van der Waals surface area contributed by atoms with Crippen LogP contribution in [0.5, 0.6) is 5.75 Å². The predicted molar refractivity (Wildman–Crippen MR) is 126 cm³/mol. The van der Waals surface area contributed by atoms with Gasteiger partial charge in [0.05, 0.1) is 22.4 Å². The van der Waals surface area contributed by atoms with Crippen molar-refractivity contribution in [1.29, 1.82) is 5.26 Å². The van der Waals surface area contributed by atoms with Gasteiger partial charge in [-0.2, -0.15) is 23.5 Å². The van der Waals surface area contributed by atoms with Crippen LogP contribution in [0.15, 0.2) is 88.9 Å². The van der Waals surface area contributed by atoms with Crippen LogP contribution >= 0.6 is 0 Å². The molecule has 0 saturated carbocycles. The Labute approximate surface area is 205 Å². The second kappa shape index (κ2) is 11.4. The quantitative estimate of drug-likeness (QED) is 0.342. The molecule has 3 aromatic carbocycles. The molecular formula is C24H19F3N4O4S. The Morgan fingerprint density at radius 2 is 1.75 bits per heavy atom. The largest absolute Gasteiger partial charge is 0.479 e. The lowest BCUT2D eigenvalue weighted by molar-refractivity contribution is -0.137. The van der Waals surface area contributed by atoms with E-state index >= 15 is 0 Å². The van der Waals surface area contributed by atoms with Crippen molar-refractivity contribution < 1.29 is 31.1 Å². The van der Waals surface area contributed by atoms with Crippen LogP contribution in [0, 0.1) is 11.3 Å². The lowest BCUT2D eigenvalue weighted by Gasteiger charge is -2.24. The molecule has 3 rings (SSSR count). The van der Waals surface area contributed by atoms with Crippen molar-refractivity contribution >= 4 is 27.8 Å². The summed E-state index contributed by atoms with van der Waals surface area (Å²) in [6.07, 6.45) is -3.42. The lowest BCUT2D eigenvalue weighted by Crippen LogP contribution is -2.39. The molecule has 0 fully saturated rings. The SMILES string of the molecule is N#CCOc1ccc(/C=N\NC(=O)CN(c2cccc(C(F)(F)F)c2)S(=O)(=O)c2ccccc2)cc1. The van der Waals surface area contributed by atoms with Gasteiger partial charge in [0.25, 0.3) is 15.9 Å². The normalized spacial score (nSPS) is 11.6. The number of rotatable bonds is 9. The maximum atomic E-state index is 13.2. The van der Waals surface area contributed by atoms with Gasteiger partial charge >= 0.3 is 6.18 Å². The smallest absolute Gasteiger partial charge is 0.416 e. The molecule has 0 unspecified atom stereocenters. The van der Waals surface area contributed by atoms with Crippen molar-refractivity contribution in [2.45, 2.75) is 11.1 Å². The van der Waals surface area contributed by atoms with Gasteiger partial charge in [0.1, 0.15) is 18.4 Å². The van der Waals surface area contributed by atoms with Gasteiger partial charge in [-0.1, -0.05) is 24.3 Å².